The van der Waals surface area contributed by atoms with Gasteiger partial charge in [-0.1, -0.05) is 28.1 Å². The van der Waals surface area contributed by atoms with Gasteiger partial charge < -0.3 is 20.1 Å². The Morgan fingerprint density at radius 1 is 1.21 bits per heavy atom. The minimum Gasteiger partial charge on any atom is -0.381 e. The maximum atomic E-state index is 5.69. The van der Waals surface area contributed by atoms with Gasteiger partial charge in [0.25, 0.3) is 0 Å². The number of ether oxygens (including phenoxy) is 2. The number of hydrogen-bond acceptors (Lipinski definition) is 3. The fraction of sp³-hybridized carbons (Fsp3) is 0.667. The summed E-state index contributed by atoms with van der Waals surface area (Å²) in [7, 11) is 1.83. The Morgan fingerprint density at radius 3 is 2.57 bits per heavy atom. The van der Waals surface area contributed by atoms with Crippen molar-refractivity contribution in [1.29, 1.82) is 0 Å². The molecule has 5 nitrogen and oxygen atoms in total. The molecule has 1 aromatic carbocycles. The molecule has 2 fully saturated rings. The first-order chi connectivity index (χ1) is 13.2. The zero-order valence-corrected chi connectivity index (χ0v) is 20.6. The van der Waals surface area contributed by atoms with Crippen molar-refractivity contribution >= 4 is 45.9 Å². The standard InChI is InChI=1S/C21H32BrN3O2.HI/c1-23-20(24-11-2-12-27-15-17-3-4-17)25-16-21(9-13-26-14-10-21)18-5-7-19(22)8-6-18;/h5-8,17H,2-4,9-16H2,1H3,(H2,23,24,25);1H. The highest BCUT2D eigenvalue weighted by atomic mass is 127. The molecule has 0 spiro atoms. The predicted octanol–water partition coefficient (Wildman–Crippen LogP) is 4.10. The molecule has 28 heavy (non-hydrogen) atoms. The van der Waals surface area contributed by atoms with E-state index in [9.17, 15) is 0 Å². The van der Waals surface area contributed by atoms with E-state index in [4.69, 9.17) is 9.47 Å². The molecule has 0 radical (unpaired) electrons. The third-order valence-corrected chi connectivity index (χ3v) is 6.06. The summed E-state index contributed by atoms with van der Waals surface area (Å²) in [5.41, 5.74) is 1.45. The van der Waals surface area contributed by atoms with Crippen molar-refractivity contribution in [3.8, 4) is 0 Å². The first-order valence-corrected chi connectivity index (χ1v) is 10.9. The Hall–Kier alpha value is -0.380. The Kier molecular flexibility index (Phi) is 10.5. The molecule has 1 aliphatic carbocycles. The average molecular weight is 566 g/mol. The lowest BCUT2D eigenvalue weighted by Crippen LogP contribution is -2.48. The third-order valence-electron chi connectivity index (χ3n) is 5.53. The maximum Gasteiger partial charge on any atom is 0.191 e. The fourth-order valence-electron chi connectivity index (χ4n) is 3.52. The van der Waals surface area contributed by atoms with Crippen LogP contribution in [0.2, 0.25) is 0 Å². The number of guanidine groups is 1. The molecule has 2 N–H and O–H groups in total. The lowest BCUT2D eigenvalue weighted by Gasteiger charge is -2.38. The second kappa shape index (κ2) is 12.3. The molecular weight excluding hydrogens is 533 g/mol. The molecule has 3 rings (SSSR count). The molecule has 1 saturated carbocycles. The van der Waals surface area contributed by atoms with E-state index in [2.05, 4.69) is 55.8 Å². The van der Waals surface area contributed by atoms with Crippen LogP contribution in [0.4, 0.5) is 0 Å². The minimum atomic E-state index is 0. The molecule has 1 aliphatic heterocycles. The summed E-state index contributed by atoms with van der Waals surface area (Å²) in [6, 6.07) is 8.71. The largest absolute Gasteiger partial charge is 0.381 e. The van der Waals surface area contributed by atoms with Gasteiger partial charge in [-0.25, -0.2) is 0 Å². The molecule has 0 amide bonds. The van der Waals surface area contributed by atoms with Crippen molar-refractivity contribution in [3.63, 3.8) is 0 Å². The van der Waals surface area contributed by atoms with Gasteiger partial charge in [0.2, 0.25) is 0 Å². The zero-order chi connectivity index (χ0) is 19.0. The maximum absolute atomic E-state index is 5.69. The molecule has 1 saturated heterocycles. The van der Waals surface area contributed by atoms with E-state index in [1.165, 1.54) is 18.4 Å². The van der Waals surface area contributed by atoms with E-state index >= 15 is 0 Å². The highest BCUT2D eigenvalue weighted by Gasteiger charge is 2.34. The molecule has 0 unspecified atom stereocenters. The van der Waals surface area contributed by atoms with Crippen LogP contribution in [0.15, 0.2) is 33.7 Å². The molecule has 158 valence electrons. The summed E-state index contributed by atoms with van der Waals surface area (Å²) in [5.74, 6) is 1.70. The second-order valence-electron chi connectivity index (χ2n) is 7.62. The number of nitrogens with zero attached hydrogens (tertiary/aromatic N) is 1. The second-order valence-corrected chi connectivity index (χ2v) is 8.54. The molecule has 0 bridgehead atoms. The van der Waals surface area contributed by atoms with Gasteiger partial charge in [-0.2, -0.15) is 0 Å². The van der Waals surface area contributed by atoms with Crippen LogP contribution in [0, 0.1) is 5.92 Å². The Bertz CT molecular complexity index is 602. The van der Waals surface area contributed by atoms with Crippen molar-refractivity contribution in [3.05, 3.63) is 34.3 Å². The van der Waals surface area contributed by atoms with Crippen LogP contribution in [0.3, 0.4) is 0 Å². The van der Waals surface area contributed by atoms with Crippen molar-refractivity contribution in [2.75, 3.05) is 46.6 Å². The number of aliphatic imine (C=N–C) groups is 1. The van der Waals surface area contributed by atoms with Gasteiger partial charge in [-0.05, 0) is 55.7 Å². The lowest BCUT2D eigenvalue weighted by atomic mass is 9.74. The predicted molar refractivity (Wildman–Crippen MR) is 129 cm³/mol. The van der Waals surface area contributed by atoms with Gasteiger partial charge in [-0.3, -0.25) is 4.99 Å². The van der Waals surface area contributed by atoms with Crippen LogP contribution >= 0.6 is 39.9 Å². The molecule has 2 aliphatic rings. The van der Waals surface area contributed by atoms with E-state index in [-0.39, 0.29) is 29.4 Å². The smallest absolute Gasteiger partial charge is 0.191 e. The van der Waals surface area contributed by atoms with Crippen LogP contribution in [0.5, 0.6) is 0 Å². The number of nitrogens with one attached hydrogen (secondary N) is 2. The molecule has 0 atom stereocenters. The van der Waals surface area contributed by atoms with Gasteiger partial charge in [0.1, 0.15) is 0 Å². The molecular formula is C21H33BrIN3O2. The Labute approximate surface area is 194 Å². The first kappa shape index (κ1) is 23.9. The summed E-state index contributed by atoms with van der Waals surface area (Å²) in [5, 5.41) is 6.95. The van der Waals surface area contributed by atoms with Crippen LogP contribution in [-0.4, -0.2) is 52.5 Å². The summed E-state index contributed by atoms with van der Waals surface area (Å²) in [6.45, 7) is 5.10. The lowest BCUT2D eigenvalue weighted by molar-refractivity contribution is 0.0513. The molecule has 7 heteroatoms. The van der Waals surface area contributed by atoms with Gasteiger partial charge in [0.15, 0.2) is 5.96 Å². The average Bonchev–Trinajstić information content (AvgIpc) is 3.52. The molecule has 1 heterocycles. The van der Waals surface area contributed by atoms with Crippen molar-refractivity contribution in [2.45, 2.75) is 37.5 Å². The fourth-order valence-corrected chi connectivity index (χ4v) is 3.79. The number of benzene rings is 1. The summed E-state index contributed by atoms with van der Waals surface area (Å²) < 4.78 is 12.4. The molecule has 0 aromatic heterocycles. The summed E-state index contributed by atoms with van der Waals surface area (Å²) in [4.78, 5) is 4.38. The highest BCUT2D eigenvalue weighted by molar-refractivity contribution is 14.0. The van der Waals surface area contributed by atoms with Gasteiger partial charge in [0, 0.05) is 56.5 Å². The Balaban J connectivity index is 0.00000280. The van der Waals surface area contributed by atoms with Gasteiger partial charge >= 0.3 is 0 Å². The molecule has 1 aromatic rings. The first-order valence-electron chi connectivity index (χ1n) is 10.1. The van der Waals surface area contributed by atoms with E-state index in [1.54, 1.807) is 0 Å². The quantitative estimate of drug-likeness (QED) is 0.205. The van der Waals surface area contributed by atoms with Gasteiger partial charge in [0.05, 0.1) is 0 Å². The van der Waals surface area contributed by atoms with Crippen LogP contribution < -0.4 is 10.6 Å². The van der Waals surface area contributed by atoms with Crippen LogP contribution in [0.1, 0.15) is 37.7 Å². The van der Waals surface area contributed by atoms with Crippen LogP contribution in [0.25, 0.3) is 0 Å². The number of rotatable bonds is 9. The van der Waals surface area contributed by atoms with Crippen molar-refractivity contribution in [1.82, 2.24) is 10.6 Å². The SMILES string of the molecule is CN=C(NCCCOCC1CC1)NCC1(c2ccc(Br)cc2)CCOCC1.I. The van der Waals surface area contributed by atoms with Gasteiger partial charge in [-0.15, -0.1) is 24.0 Å². The Morgan fingerprint density at radius 2 is 1.93 bits per heavy atom. The summed E-state index contributed by atoms with van der Waals surface area (Å²) >= 11 is 3.54. The minimum absolute atomic E-state index is 0. The van der Waals surface area contributed by atoms with Crippen molar-refractivity contribution in [2.24, 2.45) is 10.9 Å². The van der Waals surface area contributed by atoms with E-state index < -0.39 is 0 Å². The van der Waals surface area contributed by atoms with E-state index in [0.717, 1.165) is 75.1 Å². The highest BCUT2D eigenvalue weighted by Crippen LogP contribution is 2.35. The number of hydrogen-bond donors (Lipinski definition) is 2. The van der Waals surface area contributed by atoms with Crippen LogP contribution in [-0.2, 0) is 14.9 Å². The zero-order valence-electron chi connectivity index (χ0n) is 16.7. The normalized spacial score (nSPS) is 19.0. The summed E-state index contributed by atoms with van der Waals surface area (Å²) in [6.07, 6.45) is 5.74. The van der Waals surface area contributed by atoms with E-state index in [1.807, 2.05) is 7.05 Å². The number of halogens is 2. The van der Waals surface area contributed by atoms with E-state index in [0.29, 0.717) is 0 Å². The monoisotopic (exact) mass is 565 g/mol. The van der Waals surface area contributed by atoms with Crippen molar-refractivity contribution < 1.29 is 9.47 Å². The third kappa shape index (κ3) is 7.46. The topological polar surface area (TPSA) is 54.9 Å².